The van der Waals surface area contributed by atoms with Crippen molar-refractivity contribution in [1.82, 2.24) is 0 Å². The van der Waals surface area contributed by atoms with E-state index in [-0.39, 0.29) is 0 Å². The van der Waals surface area contributed by atoms with Gasteiger partial charge in [0.25, 0.3) is 0 Å². The molecular formula is C17H14O2. The van der Waals surface area contributed by atoms with Crippen molar-refractivity contribution in [2.45, 2.75) is 13.3 Å². The van der Waals surface area contributed by atoms with Crippen LogP contribution in [0.1, 0.15) is 24.5 Å². The molecule has 0 saturated carbocycles. The molecule has 0 aromatic heterocycles. The zero-order valence-electron chi connectivity index (χ0n) is 10.7. The van der Waals surface area contributed by atoms with Gasteiger partial charge in [-0.2, -0.15) is 0 Å². The molecule has 2 nitrogen and oxygen atoms in total. The van der Waals surface area contributed by atoms with Gasteiger partial charge >= 0.3 is 5.97 Å². The van der Waals surface area contributed by atoms with Crippen LogP contribution in [0.5, 0.6) is 0 Å². The maximum absolute atomic E-state index is 11.5. The second-order valence-electron chi connectivity index (χ2n) is 4.60. The first-order valence-corrected chi connectivity index (χ1v) is 6.39. The highest BCUT2D eigenvalue weighted by molar-refractivity contribution is 6.09. The van der Waals surface area contributed by atoms with Crippen molar-refractivity contribution >= 4 is 11.5 Å². The first kappa shape index (κ1) is 11.7. The van der Waals surface area contributed by atoms with Crippen molar-refractivity contribution in [3.05, 3.63) is 65.2 Å². The molecule has 0 atom stereocenters. The van der Waals surface area contributed by atoms with E-state index in [9.17, 15) is 9.90 Å². The predicted octanol–water partition coefficient (Wildman–Crippen LogP) is 3.96. The van der Waals surface area contributed by atoms with E-state index in [1.807, 2.05) is 43.3 Å². The number of hydrogen-bond acceptors (Lipinski definition) is 1. The standard InChI is InChI=1S/C17H14O2/c1-2-11(17(18)19)16-14-9-5-3-7-12(14)13-8-4-6-10-15(13)16/h3-10H,2H2,1H3,(H,18,19). The summed E-state index contributed by atoms with van der Waals surface area (Å²) in [5.74, 6) is -0.830. The molecule has 0 unspecified atom stereocenters. The number of hydrogen-bond donors (Lipinski definition) is 1. The Morgan fingerprint density at radius 3 is 1.68 bits per heavy atom. The first-order chi connectivity index (χ1) is 9.24. The fraction of sp³-hybridized carbons (Fsp3) is 0.118. The lowest BCUT2D eigenvalue weighted by molar-refractivity contribution is -0.132. The van der Waals surface area contributed by atoms with Gasteiger partial charge in [0.15, 0.2) is 0 Å². The van der Waals surface area contributed by atoms with Gasteiger partial charge in [-0.1, -0.05) is 55.5 Å². The summed E-state index contributed by atoms with van der Waals surface area (Å²) in [5, 5.41) is 9.43. The summed E-state index contributed by atoms with van der Waals surface area (Å²) in [5.41, 5.74) is 5.67. The van der Waals surface area contributed by atoms with E-state index in [1.165, 1.54) is 0 Å². The Morgan fingerprint density at radius 1 is 0.895 bits per heavy atom. The van der Waals surface area contributed by atoms with Crippen LogP contribution in [0.25, 0.3) is 16.7 Å². The van der Waals surface area contributed by atoms with E-state index in [1.54, 1.807) is 0 Å². The Balaban J connectivity index is 2.41. The molecule has 2 aromatic carbocycles. The summed E-state index contributed by atoms with van der Waals surface area (Å²) in [6, 6.07) is 16.0. The van der Waals surface area contributed by atoms with E-state index < -0.39 is 5.97 Å². The van der Waals surface area contributed by atoms with Gasteiger partial charge in [-0.25, -0.2) is 4.79 Å². The number of rotatable bonds is 2. The van der Waals surface area contributed by atoms with Crippen molar-refractivity contribution in [1.29, 1.82) is 0 Å². The summed E-state index contributed by atoms with van der Waals surface area (Å²) in [6.07, 6.45) is 0.521. The number of carboxylic acid groups (broad SMARTS) is 1. The predicted molar refractivity (Wildman–Crippen MR) is 75.8 cm³/mol. The Labute approximate surface area is 112 Å². The Hall–Kier alpha value is -2.35. The molecule has 0 aliphatic heterocycles. The molecule has 1 aliphatic rings. The minimum atomic E-state index is -0.830. The van der Waals surface area contributed by atoms with Crippen molar-refractivity contribution in [2.24, 2.45) is 0 Å². The Morgan fingerprint density at radius 2 is 1.32 bits per heavy atom. The lowest BCUT2D eigenvalue weighted by atomic mass is 9.96. The quantitative estimate of drug-likeness (QED) is 0.699. The molecule has 0 heterocycles. The third-order valence-electron chi connectivity index (χ3n) is 3.60. The molecule has 0 bridgehead atoms. The van der Waals surface area contributed by atoms with E-state index in [0.717, 1.165) is 27.8 Å². The molecule has 2 heteroatoms. The first-order valence-electron chi connectivity index (χ1n) is 6.39. The number of benzene rings is 2. The summed E-state index contributed by atoms with van der Waals surface area (Å²) in [4.78, 5) is 11.5. The highest BCUT2D eigenvalue weighted by Gasteiger charge is 2.26. The number of fused-ring (bicyclic) bond motifs is 3. The second kappa shape index (κ2) is 4.39. The zero-order chi connectivity index (χ0) is 13.4. The minimum Gasteiger partial charge on any atom is -0.478 e. The van der Waals surface area contributed by atoms with Crippen molar-refractivity contribution < 1.29 is 9.90 Å². The third kappa shape index (κ3) is 1.68. The molecule has 19 heavy (non-hydrogen) atoms. The van der Waals surface area contributed by atoms with Crippen LogP contribution in [-0.2, 0) is 4.79 Å². The van der Waals surface area contributed by atoms with Crippen LogP contribution in [0.2, 0.25) is 0 Å². The summed E-state index contributed by atoms with van der Waals surface area (Å²) in [6.45, 7) is 1.89. The Bertz CT molecular complexity index is 648. The van der Waals surface area contributed by atoms with Crippen molar-refractivity contribution in [3.8, 4) is 11.1 Å². The molecule has 94 valence electrons. The van der Waals surface area contributed by atoms with E-state index in [2.05, 4.69) is 12.1 Å². The average molecular weight is 250 g/mol. The van der Waals surface area contributed by atoms with Gasteiger partial charge in [0.05, 0.1) is 0 Å². The van der Waals surface area contributed by atoms with Gasteiger partial charge in [0.2, 0.25) is 0 Å². The van der Waals surface area contributed by atoms with Crippen LogP contribution in [0.4, 0.5) is 0 Å². The van der Waals surface area contributed by atoms with Gasteiger partial charge in [-0.05, 0) is 28.7 Å². The average Bonchev–Trinajstić information content (AvgIpc) is 2.75. The van der Waals surface area contributed by atoms with E-state index in [0.29, 0.717) is 12.0 Å². The lowest BCUT2D eigenvalue weighted by Crippen LogP contribution is -2.03. The van der Waals surface area contributed by atoms with Gasteiger partial charge < -0.3 is 5.11 Å². The van der Waals surface area contributed by atoms with Crippen LogP contribution in [-0.4, -0.2) is 11.1 Å². The normalized spacial score (nSPS) is 11.9. The Kier molecular flexibility index (Phi) is 2.71. The SMILES string of the molecule is CCC(C(=O)O)=C1c2ccccc2-c2ccccc21. The molecule has 0 fully saturated rings. The second-order valence-corrected chi connectivity index (χ2v) is 4.60. The molecule has 0 amide bonds. The van der Waals surface area contributed by atoms with E-state index in [4.69, 9.17) is 0 Å². The van der Waals surface area contributed by atoms with Crippen LogP contribution >= 0.6 is 0 Å². The fourth-order valence-electron chi connectivity index (χ4n) is 2.78. The number of carboxylic acids is 1. The van der Waals surface area contributed by atoms with Gasteiger partial charge in [-0.15, -0.1) is 0 Å². The molecular weight excluding hydrogens is 236 g/mol. The lowest BCUT2D eigenvalue weighted by Gasteiger charge is -2.07. The molecule has 1 aliphatic carbocycles. The maximum Gasteiger partial charge on any atom is 0.332 e. The highest BCUT2D eigenvalue weighted by atomic mass is 16.4. The number of carbonyl (C=O) groups is 1. The van der Waals surface area contributed by atoms with Crippen molar-refractivity contribution in [3.63, 3.8) is 0 Å². The van der Waals surface area contributed by atoms with Gasteiger partial charge in [0, 0.05) is 11.1 Å². The van der Waals surface area contributed by atoms with Crippen LogP contribution in [0.15, 0.2) is 54.1 Å². The number of aliphatic carboxylic acids is 1. The van der Waals surface area contributed by atoms with Gasteiger partial charge in [-0.3, -0.25) is 0 Å². The minimum absolute atomic E-state index is 0.484. The molecule has 3 rings (SSSR count). The largest absolute Gasteiger partial charge is 0.478 e. The maximum atomic E-state index is 11.5. The summed E-state index contributed by atoms with van der Waals surface area (Å²) >= 11 is 0. The monoisotopic (exact) mass is 250 g/mol. The highest BCUT2D eigenvalue weighted by Crippen LogP contribution is 2.45. The van der Waals surface area contributed by atoms with Crippen LogP contribution in [0.3, 0.4) is 0 Å². The molecule has 2 aromatic rings. The summed E-state index contributed by atoms with van der Waals surface area (Å²) < 4.78 is 0. The topological polar surface area (TPSA) is 37.3 Å². The smallest absolute Gasteiger partial charge is 0.332 e. The summed E-state index contributed by atoms with van der Waals surface area (Å²) in [7, 11) is 0. The molecule has 1 N–H and O–H groups in total. The zero-order valence-corrected chi connectivity index (χ0v) is 10.7. The molecule has 0 radical (unpaired) electrons. The third-order valence-corrected chi connectivity index (χ3v) is 3.60. The van der Waals surface area contributed by atoms with Crippen LogP contribution in [0, 0.1) is 0 Å². The van der Waals surface area contributed by atoms with Gasteiger partial charge in [0.1, 0.15) is 0 Å². The fourth-order valence-corrected chi connectivity index (χ4v) is 2.78. The molecule has 0 saturated heterocycles. The molecule has 0 spiro atoms. The van der Waals surface area contributed by atoms with Crippen molar-refractivity contribution in [2.75, 3.05) is 0 Å². The van der Waals surface area contributed by atoms with E-state index >= 15 is 0 Å². The van der Waals surface area contributed by atoms with Crippen LogP contribution < -0.4 is 0 Å².